The SMILES string of the molecule is COCc1nc2n(n1)CCCC2NS(=O)(=O)c1c(C)noc1C. The Morgan fingerprint density at radius 2 is 2.22 bits per heavy atom. The first-order valence-corrected chi connectivity index (χ1v) is 8.78. The first kappa shape index (κ1) is 16.1. The third kappa shape index (κ3) is 3.01. The molecule has 9 nitrogen and oxygen atoms in total. The van der Waals surface area contributed by atoms with Crippen molar-refractivity contribution in [3.8, 4) is 0 Å². The van der Waals surface area contributed by atoms with Crippen LogP contribution in [0.3, 0.4) is 0 Å². The Morgan fingerprint density at radius 3 is 2.87 bits per heavy atom. The number of aryl methyl sites for hydroxylation is 3. The molecule has 1 aliphatic rings. The van der Waals surface area contributed by atoms with Gasteiger partial charge in [0.15, 0.2) is 11.6 Å². The van der Waals surface area contributed by atoms with E-state index in [1.807, 2.05) is 0 Å². The maximum absolute atomic E-state index is 12.7. The highest BCUT2D eigenvalue weighted by Crippen LogP contribution is 2.27. The van der Waals surface area contributed by atoms with Crippen molar-refractivity contribution in [3.63, 3.8) is 0 Å². The molecule has 1 unspecified atom stereocenters. The zero-order chi connectivity index (χ0) is 16.6. The first-order chi connectivity index (χ1) is 10.9. The van der Waals surface area contributed by atoms with E-state index >= 15 is 0 Å². The van der Waals surface area contributed by atoms with Crippen LogP contribution in [-0.4, -0.2) is 35.4 Å². The molecule has 0 amide bonds. The number of hydrogen-bond acceptors (Lipinski definition) is 7. The van der Waals surface area contributed by atoms with E-state index < -0.39 is 16.1 Å². The maximum atomic E-state index is 12.7. The van der Waals surface area contributed by atoms with Crippen LogP contribution >= 0.6 is 0 Å². The Labute approximate surface area is 134 Å². The van der Waals surface area contributed by atoms with Gasteiger partial charge in [-0.05, 0) is 26.7 Å². The van der Waals surface area contributed by atoms with Crippen molar-refractivity contribution < 1.29 is 17.7 Å². The molecule has 3 rings (SSSR count). The van der Waals surface area contributed by atoms with Gasteiger partial charge in [-0.2, -0.15) is 5.10 Å². The van der Waals surface area contributed by atoms with Crippen LogP contribution in [0, 0.1) is 13.8 Å². The fraction of sp³-hybridized carbons (Fsp3) is 0.615. The van der Waals surface area contributed by atoms with Gasteiger partial charge in [-0.25, -0.2) is 22.8 Å². The monoisotopic (exact) mass is 341 g/mol. The predicted molar refractivity (Wildman–Crippen MR) is 79.0 cm³/mol. The number of fused-ring (bicyclic) bond motifs is 1. The number of nitrogens with one attached hydrogen (secondary N) is 1. The summed E-state index contributed by atoms with van der Waals surface area (Å²) in [5.41, 5.74) is 0.340. The molecule has 2 aromatic heterocycles. The van der Waals surface area contributed by atoms with Crippen LogP contribution in [0.5, 0.6) is 0 Å². The number of hydrogen-bond donors (Lipinski definition) is 1. The number of aromatic nitrogens is 4. The maximum Gasteiger partial charge on any atom is 0.246 e. The van der Waals surface area contributed by atoms with Gasteiger partial charge in [0, 0.05) is 13.7 Å². The van der Waals surface area contributed by atoms with Crippen molar-refractivity contribution in [1.29, 1.82) is 0 Å². The summed E-state index contributed by atoms with van der Waals surface area (Å²) in [7, 11) is -2.18. The number of rotatable bonds is 5. The van der Waals surface area contributed by atoms with Gasteiger partial charge in [0.05, 0.1) is 6.04 Å². The van der Waals surface area contributed by atoms with E-state index in [1.54, 1.807) is 25.6 Å². The Morgan fingerprint density at radius 1 is 1.43 bits per heavy atom. The van der Waals surface area contributed by atoms with Crippen LogP contribution in [0.4, 0.5) is 0 Å². The summed E-state index contributed by atoms with van der Waals surface area (Å²) < 4.78 is 39.7. The minimum atomic E-state index is -3.74. The van der Waals surface area contributed by atoms with Gasteiger partial charge in [-0.15, -0.1) is 0 Å². The van der Waals surface area contributed by atoms with Crippen molar-refractivity contribution in [3.05, 3.63) is 23.1 Å². The zero-order valence-electron chi connectivity index (χ0n) is 13.2. The molecule has 0 fully saturated rings. The second kappa shape index (κ2) is 6.02. The molecular weight excluding hydrogens is 322 g/mol. The molecule has 2 aromatic rings. The van der Waals surface area contributed by atoms with Gasteiger partial charge < -0.3 is 9.26 Å². The van der Waals surface area contributed by atoms with Crippen LogP contribution < -0.4 is 4.72 Å². The first-order valence-electron chi connectivity index (χ1n) is 7.30. The average molecular weight is 341 g/mol. The quantitative estimate of drug-likeness (QED) is 0.857. The van der Waals surface area contributed by atoms with Gasteiger partial charge in [0.1, 0.15) is 23.0 Å². The lowest BCUT2D eigenvalue weighted by Gasteiger charge is -2.22. The van der Waals surface area contributed by atoms with E-state index in [-0.39, 0.29) is 10.7 Å². The minimum Gasteiger partial charge on any atom is -0.377 e. The third-order valence-corrected chi connectivity index (χ3v) is 5.44. The van der Waals surface area contributed by atoms with Gasteiger partial charge in [-0.1, -0.05) is 5.16 Å². The van der Waals surface area contributed by atoms with Crippen LogP contribution in [0.2, 0.25) is 0 Å². The highest BCUT2D eigenvalue weighted by molar-refractivity contribution is 7.89. The van der Waals surface area contributed by atoms with Gasteiger partial charge in [0.2, 0.25) is 10.0 Å². The van der Waals surface area contributed by atoms with E-state index in [0.29, 0.717) is 30.4 Å². The van der Waals surface area contributed by atoms with Gasteiger partial charge in [-0.3, -0.25) is 0 Å². The Balaban J connectivity index is 1.90. The summed E-state index contributed by atoms with van der Waals surface area (Å²) >= 11 is 0. The van der Waals surface area contributed by atoms with E-state index in [2.05, 4.69) is 20.0 Å². The molecule has 1 aliphatic heterocycles. The molecule has 3 heterocycles. The molecule has 0 radical (unpaired) electrons. The molecule has 0 aliphatic carbocycles. The molecule has 10 heteroatoms. The lowest BCUT2D eigenvalue weighted by molar-refractivity contribution is 0.177. The fourth-order valence-corrected chi connectivity index (χ4v) is 4.36. The van der Waals surface area contributed by atoms with E-state index in [0.717, 1.165) is 13.0 Å². The molecule has 1 N–H and O–H groups in total. The summed E-state index contributed by atoms with van der Waals surface area (Å²) in [6.45, 7) is 4.19. The molecule has 126 valence electrons. The lowest BCUT2D eigenvalue weighted by atomic mass is 10.1. The number of ether oxygens (including phenoxy) is 1. The largest absolute Gasteiger partial charge is 0.377 e. The van der Waals surface area contributed by atoms with Crippen LogP contribution in [-0.2, 0) is 27.9 Å². The van der Waals surface area contributed by atoms with Crippen molar-refractivity contribution in [2.45, 2.75) is 50.8 Å². The highest BCUT2D eigenvalue weighted by Gasteiger charge is 2.32. The van der Waals surface area contributed by atoms with Gasteiger partial charge >= 0.3 is 0 Å². The zero-order valence-corrected chi connectivity index (χ0v) is 14.1. The topological polar surface area (TPSA) is 112 Å². The van der Waals surface area contributed by atoms with Crippen LogP contribution in [0.25, 0.3) is 0 Å². The predicted octanol–water partition coefficient (Wildman–Crippen LogP) is 0.843. The normalized spacial score (nSPS) is 18.1. The second-order valence-electron chi connectivity index (χ2n) is 5.51. The summed E-state index contributed by atoms with van der Waals surface area (Å²) in [6.07, 6.45) is 1.48. The van der Waals surface area contributed by atoms with Crippen molar-refractivity contribution in [2.24, 2.45) is 0 Å². The van der Waals surface area contributed by atoms with Crippen LogP contribution in [0.15, 0.2) is 9.42 Å². The fourth-order valence-electron chi connectivity index (χ4n) is 2.81. The standard InChI is InChI=1S/C13H19N5O4S/c1-8-12(9(2)22-16-8)23(19,20)17-10-5-4-6-18-13(10)14-11(15-18)7-21-3/h10,17H,4-7H2,1-3H3. The molecule has 1 atom stereocenters. The van der Waals surface area contributed by atoms with Gasteiger partial charge in [0.25, 0.3) is 0 Å². The number of sulfonamides is 1. The van der Waals surface area contributed by atoms with Crippen molar-refractivity contribution in [2.75, 3.05) is 7.11 Å². The number of methoxy groups -OCH3 is 1. The summed E-state index contributed by atoms with van der Waals surface area (Å²) in [6, 6.07) is -0.430. The summed E-state index contributed by atoms with van der Waals surface area (Å²) in [5, 5.41) is 8.04. The van der Waals surface area contributed by atoms with E-state index in [4.69, 9.17) is 9.26 Å². The summed E-state index contributed by atoms with van der Waals surface area (Å²) in [5.74, 6) is 1.43. The molecule has 0 spiro atoms. The second-order valence-corrected chi connectivity index (χ2v) is 7.16. The van der Waals surface area contributed by atoms with Crippen molar-refractivity contribution >= 4 is 10.0 Å². The Bertz CT molecular complexity index is 791. The Hall–Kier alpha value is -1.78. The number of nitrogens with zero attached hydrogens (tertiary/aromatic N) is 4. The molecule has 23 heavy (non-hydrogen) atoms. The molecule has 0 saturated carbocycles. The summed E-state index contributed by atoms with van der Waals surface area (Å²) in [4.78, 5) is 4.48. The van der Waals surface area contributed by atoms with E-state index in [9.17, 15) is 8.42 Å². The van der Waals surface area contributed by atoms with E-state index in [1.165, 1.54) is 0 Å². The molecule has 0 saturated heterocycles. The molecule has 0 bridgehead atoms. The Kier molecular flexibility index (Phi) is 4.21. The average Bonchev–Trinajstić information content (AvgIpc) is 3.03. The lowest BCUT2D eigenvalue weighted by Crippen LogP contribution is -2.33. The smallest absolute Gasteiger partial charge is 0.246 e. The van der Waals surface area contributed by atoms with Crippen LogP contribution in [0.1, 0.15) is 42.0 Å². The third-order valence-electron chi connectivity index (χ3n) is 3.73. The molecule has 0 aromatic carbocycles. The minimum absolute atomic E-state index is 0.0891. The highest BCUT2D eigenvalue weighted by atomic mass is 32.2. The van der Waals surface area contributed by atoms with Crippen molar-refractivity contribution in [1.82, 2.24) is 24.6 Å². The molecular formula is C13H19N5O4S.